The molecule has 7 heteroatoms. The van der Waals surface area contributed by atoms with Crippen molar-refractivity contribution in [2.45, 2.75) is 64.6 Å². The highest BCUT2D eigenvalue weighted by molar-refractivity contribution is 5.81. The number of aryl methyl sites for hydroxylation is 2. The molecule has 2 aromatic rings. The van der Waals surface area contributed by atoms with Crippen LogP contribution in [0.2, 0.25) is 0 Å². The molecule has 1 aliphatic carbocycles. The molecule has 2 fully saturated rings. The second-order valence-corrected chi connectivity index (χ2v) is 8.86. The number of aliphatic imine (C=N–C) groups is 1. The van der Waals surface area contributed by atoms with Gasteiger partial charge < -0.3 is 20.1 Å². The van der Waals surface area contributed by atoms with Gasteiger partial charge in [0.05, 0.1) is 0 Å². The van der Waals surface area contributed by atoms with Crippen molar-refractivity contribution in [3.63, 3.8) is 0 Å². The number of benzene rings is 1. The van der Waals surface area contributed by atoms with Gasteiger partial charge in [0.1, 0.15) is 12.4 Å². The maximum Gasteiger partial charge on any atom is 0.225 e. The van der Waals surface area contributed by atoms with Crippen LogP contribution in [0.3, 0.4) is 0 Å². The molecule has 32 heavy (non-hydrogen) atoms. The summed E-state index contributed by atoms with van der Waals surface area (Å²) in [7, 11) is 0. The first-order valence-electron chi connectivity index (χ1n) is 12.1. The average Bonchev–Trinajstić information content (AvgIpc) is 3.59. The summed E-state index contributed by atoms with van der Waals surface area (Å²) in [6.45, 7) is 5.89. The molecule has 1 aliphatic heterocycles. The highest BCUT2D eigenvalue weighted by atomic mass is 16.2. The number of hydrogen-bond donors (Lipinski definition) is 2. The largest absolute Gasteiger partial charge is 0.357 e. The van der Waals surface area contributed by atoms with Crippen LogP contribution in [0, 0.1) is 5.92 Å². The van der Waals surface area contributed by atoms with Gasteiger partial charge in [0.15, 0.2) is 5.96 Å². The fourth-order valence-electron chi connectivity index (χ4n) is 4.76. The number of likely N-dealkylation sites (tertiary alicyclic amines) is 1. The van der Waals surface area contributed by atoms with Gasteiger partial charge in [0.25, 0.3) is 0 Å². The molecule has 1 aromatic carbocycles. The van der Waals surface area contributed by atoms with Crippen LogP contribution in [0.15, 0.2) is 47.7 Å². The molecule has 1 unspecified atom stereocenters. The Morgan fingerprint density at radius 2 is 2.00 bits per heavy atom. The van der Waals surface area contributed by atoms with Crippen molar-refractivity contribution in [1.29, 1.82) is 0 Å². The number of hydrogen-bond acceptors (Lipinski definition) is 3. The molecule has 0 bridgehead atoms. The molecule has 1 saturated carbocycles. The third-order valence-electron chi connectivity index (χ3n) is 6.55. The van der Waals surface area contributed by atoms with Crippen LogP contribution in [0.4, 0.5) is 0 Å². The SMILES string of the molecule is CCNC(=NCc1nccn1CCc1ccccc1)NC1CCN(C(=O)C2CCCC2)C1. The lowest BCUT2D eigenvalue weighted by molar-refractivity contribution is -0.134. The normalized spacial score (nSPS) is 19.5. The zero-order valence-electron chi connectivity index (χ0n) is 19.2. The van der Waals surface area contributed by atoms with E-state index in [-0.39, 0.29) is 12.0 Å². The lowest BCUT2D eigenvalue weighted by atomic mass is 10.1. The summed E-state index contributed by atoms with van der Waals surface area (Å²) in [5.41, 5.74) is 1.32. The minimum atomic E-state index is 0.246. The van der Waals surface area contributed by atoms with E-state index in [1.165, 1.54) is 18.4 Å². The topological polar surface area (TPSA) is 74.6 Å². The average molecular weight is 437 g/mol. The first kappa shape index (κ1) is 22.4. The third kappa shape index (κ3) is 5.90. The molecule has 2 aliphatic rings. The maximum absolute atomic E-state index is 12.7. The summed E-state index contributed by atoms with van der Waals surface area (Å²) in [6.07, 6.45) is 10.3. The van der Waals surface area contributed by atoms with Gasteiger partial charge in [-0.1, -0.05) is 43.2 Å². The van der Waals surface area contributed by atoms with E-state index < -0.39 is 0 Å². The number of nitrogens with zero attached hydrogens (tertiary/aromatic N) is 4. The van der Waals surface area contributed by atoms with Gasteiger partial charge in [-0.3, -0.25) is 4.79 Å². The van der Waals surface area contributed by atoms with Crippen molar-refractivity contribution in [3.05, 3.63) is 54.1 Å². The van der Waals surface area contributed by atoms with Gasteiger partial charge in [0, 0.05) is 50.5 Å². The highest BCUT2D eigenvalue weighted by Gasteiger charge is 2.32. The first-order chi connectivity index (χ1) is 15.7. The smallest absolute Gasteiger partial charge is 0.225 e. The molecule has 2 N–H and O–H groups in total. The Balaban J connectivity index is 1.31. The summed E-state index contributed by atoms with van der Waals surface area (Å²) in [5.74, 6) is 2.37. The second kappa shape index (κ2) is 11.2. The number of rotatable bonds is 8. The molecule has 1 amide bonds. The van der Waals surface area contributed by atoms with Crippen LogP contribution < -0.4 is 10.6 Å². The molecular weight excluding hydrogens is 400 g/mol. The number of guanidine groups is 1. The summed E-state index contributed by atoms with van der Waals surface area (Å²) in [5, 5.41) is 6.89. The number of nitrogens with one attached hydrogen (secondary N) is 2. The Morgan fingerprint density at radius 3 is 2.78 bits per heavy atom. The van der Waals surface area contributed by atoms with Crippen molar-refractivity contribution >= 4 is 11.9 Å². The fourth-order valence-corrected chi connectivity index (χ4v) is 4.76. The van der Waals surface area contributed by atoms with E-state index >= 15 is 0 Å². The Morgan fingerprint density at radius 1 is 1.19 bits per heavy atom. The van der Waals surface area contributed by atoms with E-state index in [1.807, 2.05) is 23.4 Å². The minimum Gasteiger partial charge on any atom is -0.357 e. The predicted octanol–water partition coefficient (Wildman–Crippen LogP) is 2.97. The predicted molar refractivity (Wildman–Crippen MR) is 127 cm³/mol. The summed E-state index contributed by atoms with van der Waals surface area (Å²) < 4.78 is 2.18. The molecule has 1 aromatic heterocycles. The van der Waals surface area contributed by atoms with Gasteiger partial charge in [-0.25, -0.2) is 9.98 Å². The lowest BCUT2D eigenvalue weighted by Gasteiger charge is -2.21. The minimum absolute atomic E-state index is 0.246. The zero-order chi connectivity index (χ0) is 22.2. The van der Waals surface area contributed by atoms with Crippen LogP contribution in [0.25, 0.3) is 0 Å². The summed E-state index contributed by atoms with van der Waals surface area (Å²) in [4.78, 5) is 24.1. The molecule has 4 rings (SSSR count). The van der Waals surface area contributed by atoms with Gasteiger partial charge in [0.2, 0.25) is 5.91 Å². The van der Waals surface area contributed by atoms with E-state index in [2.05, 4.69) is 51.4 Å². The third-order valence-corrected chi connectivity index (χ3v) is 6.55. The number of aromatic nitrogens is 2. The Kier molecular flexibility index (Phi) is 7.80. The molecule has 0 radical (unpaired) electrons. The van der Waals surface area contributed by atoms with Crippen molar-refractivity contribution < 1.29 is 4.79 Å². The number of imidazole rings is 1. The number of amides is 1. The van der Waals surface area contributed by atoms with Crippen LogP contribution in [0.5, 0.6) is 0 Å². The van der Waals surface area contributed by atoms with Crippen molar-refractivity contribution in [1.82, 2.24) is 25.1 Å². The van der Waals surface area contributed by atoms with Crippen LogP contribution in [-0.2, 0) is 24.3 Å². The molecule has 172 valence electrons. The Hall–Kier alpha value is -2.83. The first-order valence-corrected chi connectivity index (χ1v) is 12.1. The number of carbonyl (C=O) groups excluding carboxylic acids is 1. The maximum atomic E-state index is 12.7. The quantitative estimate of drug-likeness (QED) is 0.493. The van der Waals surface area contributed by atoms with Crippen molar-refractivity contribution in [3.8, 4) is 0 Å². The van der Waals surface area contributed by atoms with E-state index in [0.29, 0.717) is 12.5 Å². The van der Waals surface area contributed by atoms with Crippen LogP contribution in [0.1, 0.15) is 50.4 Å². The fraction of sp³-hybridized carbons (Fsp3) is 0.560. The van der Waals surface area contributed by atoms with Crippen LogP contribution in [-0.4, -0.2) is 52.0 Å². The Labute approximate surface area is 191 Å². The monoisotopic (exact) mass is 436 g/mol. The van der Waals surface area contributed by atoms with Gasteiger partial charge in [-0.05, 0) is 38.2 Å². The van der Waals surface area contributed by atoms with E-state index in [4.69, 9.17) is 4.99 Å². The molecule has 7 nitrogen and oxygen atoms in total. The van der Waals surface area contributed by atoms with Gasteiger partial charge in [-0.2, -0.15) is 0 Å². The van der Waals surface area contributed by atoms with E-state index in [9.17, 15) is 4.79 Å². The molecule has 0 spiro atoms. The molecule has 1 saturated heterocycles. The number of carbonyl (C=O) groups is 1. The second-order valence-electron chi connectivity index (χ2n) is 8.86. The van der Waals surface area contributed by atoms with Gasteiger partial charge in [-0.15, -0.1) is 0 Å². The summed E-state index contributed by atoms with van der Waals surface area (Å²) in [6, 6.07) is 10.8. The van der Waals surface area contributed by atoms with E-state index in [1.54, 1.807) is 0 Å². The van der Waals surface area contributed by atoms with Crippen LogP contribution >= 0.6 is 0 Å². The van der Waals surface area contributed by atoms with E-state index in [0.717, 1.165) is 63.6 Å². The zero-order valence-corrected chi connectivity index (χ0v) is 19.2. The molecule has 1 atom stereocenters. The van der Waals surface area contributed by atoms with Crippen molar-refractivity contribution in [2.75, 3.05) is 19.6 Å². The molecule has 2 heterocycles. The van der Waals surface area contributed by atoms with Gasteiger partial charge >= 0.3 is 0 Å². The Bertz CT molecular complexity index is 887. The summed E-state index contributed by atoms with van der Waals surface area (Å²) >= 11 is 0. The highest BCUT2D eigenvalue weighted by Crippen LogP contribution is 2.27. The molecular formula is C25H36N6O. The lowest BCUT2D eigenvalue weighted by Crippen LogP contribution is -2.45. The van der Waals surface area contributed by atoms with Crippen molar-refractivity contribution in [2.24, 2.45) is 10.9 Å². The standard InChI is InChI=1S/C25H36N6O/c1-2-26-25(29-22-13-16-31(19-22)24(32)21-10-6-7-11-21)28-18-23-27-14-17-30(23)15-12-20-8-4-3-5-9-20/h3-5,8-9,14,17,21-22H,2,6-7,10-13,15-16,18-19H2,1H3,(H2,26,28,29).